The van der Waals surface area contributed by atoms with Gasteiger partial charge in [-0.3, -0.25) is 9.38 Å². The maximum absolute atomic E-state index is 4.91. The van der Waals surface area contributed by atoms with Crippen LogP contribution >= 0.6 is 0 Å². The topological polar surface area (TPSA) is 49.6 Å². The minimum atomic E-state index is 0.587. The average molecular weight is 489 g/mol. The molecule has 6 heterocycles. The van der Waals surface area contributed by atoms with Crippen LogP contribution in [-0.2, 0) is 0 Å². The van der Waals surface area contributed by atoms with Crippen LogP contribution in [0.4, 0.5) is 5.82 Å². The highest BCUT2D eigenvalue weighted by Gasteiger charge is 2.28. The minimum absolute atomic E-state index is 0.587. The monoisotopic (exact) mass is 488 g/mol. The molecule has 37 heavy (non-hydrogen) atoms. The van der Waals surface area contributed by atoms with Gasteiger partial charge in [-0.15, -0.1) is 0 Å². The van der Waals surface area contributed by atoms with Gasteiger partial charge in [0, 0.05) is 53.7 Å². The lowest BCUT2D eigenvalue weighted by Gasteiger charge is -2.29. The fourth-order valence-corrected chi connectivity index (χ4v) is 6.20. The number of nitrogens with zero attached hydrogens (tertiary/aromatic N) is 6. The number of rotatable bonds is 5. The third kappa shape index (κ3) is 4.15. The van der Waals surface area contributed by atoms with Crippen molar-refractivity contribution in [2.75, 3.05) is 31.1 Å². The average Bonchev–Trinajstić information content (AvgIpc) is 3.70. The maximum atomic E-state index is 4.91. The van der Waals surface area contributed by atoms with Crippen LogP contribution in [0.15, 0.2) is 73.2 Å². The Morgan fingerprint density at radius 1 is 0.865 bits per heavy atom. The summed E-state index contributed by atoms with van der Waals surface area (Å²) in [5.41, 5.74) is 7.44. The zero-order chi connectivity index (χ0) is 24.8. The first-order valence-electron chi connectivity index (χ1n) is 13.5. The third-order valence-corrected chi connectivity index (χ3v) is 8.05. The van der Waals surface area contributed by atoms with Gasteiger partial charge < -0.3 is 9.80 Å². The molecule has 0 spiro atoms. The summed E-state index contributed by atoms with van der Waals surface area (Å²) in [4.78, 5) is 19.5. The molecule has 0 N–H and O–H groups in total. The smallest absolute Gasteiger partial charge is 0.137 e. The molecule has 1 aromatic carbocycles. The molecule has 4 aromatic heterocycles. The van der Waals surface area contributed by atoms with Gasteiger partial charge in [-0.05, 0) is 87.7 Å². The van der Waals surface area contributed by atoms with E-state index in [0.717, 1.165) is 57.0 Å². The fourth-order valence-electron chi connectivity index (χ4n) is 6.20. The van der Waals surface area contributed by atoms with Gasteiger partial charge in [0.1, 0.15) is 11.5 Å². The molecule has 0 bridgehead atoms. The van der Waals surface area contributed by atoms with Crippen molar-refractivity contribution in [2.24, 2.45) is 0 Å². The number of likely N-dealkylation sites (tertiary alicyclic amines) is 1. The molecule has 2 aliphatic rings. The number of hydrogen-bond donors (Lipinski definition) is 0. The van der Waals surface area contributed by atoms with E-state index in [9.17, 15) is 0 Å². The van der Waals surface area contributed by atoms with Crippen LogP contribution in [0, 0.1) is 6.92 Å². The number of aryl methyl sites for hydroxylation is 1. The molecule has 7 rings (SSSR count). The van der Waals surface area contributed by atoms with Crippen molar-refractivity contribution in [2.45, 2.75) is 38.6 Å². The molecular formula is C31H32N6. The van der Waals surface area contributed by atoms with Gasteiger partial charge >= 0.3 is 0 Å². The zero-order valence-corrected chi connectivity index (χ0v) is 21.3. The number of pyridine rings is 3. The molecule has 2 aliphatic heterocycles. The largest absolute Gasteiger partial charge is 0.352 e. The van der Waals surface area contributed by atoms with Gasteiger partial charge in [0.25, 0.3) is 0 Å². The number of hydrogen-bond acceptors (Lipinski definition) is 5. The third-order valence-electron chi connectivity index (χ3n) is 8.05. The van der Waals surface area contributed by atoms with Crippen LogP contribution in [0.1, 0.15) is 31.4 Å². The van der Waals surface area contributed by atoms with Crippen molar-refractivity contribution >= 4 is 22.4 Å². The van der Waals surface area contributed by atoms with Crippen LogP contribution in [0.5, 0.6) is 0 Å². The molecule has 0 radical (unpaired) electrons. The summed E-state index contributed by atoms with van der Waals surface area (Å²) in [6.07, 6.45) is 11.3. The number of para-hydroxylation sites is 1. The van der Waals surface area contributed by atoms with E-state index in [0.29, 0.717) is 6.04 Å². The van der Waals surface area contributed by atoms with Crippen molar-refractivity contribution in [3.05, 3.63) is 78.9 Å². The summed E-state index contributed by atoms with van der Waals surface area (Å²) >= 11 is 0. The molecule has 186 valence electrons. The molecule has 1 unspecified atom stereocenters. The molecule has 0 saturated carbocycles. The molecule has 6 heteroatoms. The van der Waals surface area contributed by atoms with E-state index >= 15 is 0 Å². The van der Waals surface area contributed by atoms with Crippen molar-refractivity contribution in [1.29, 1.82) is 0 Å². The van der Waals surface area contributed by atoms with E-state index in [1.54, 1.807) is 0 Å². The van der Waals surface area contributed by atoms with Crippen molar-refractivity contribution in [1.82, 2.24) is 24.3 Å². The van der Waals surface area contributed by atoms with Crippen LogP contribution in [0.25, 0.3) is 38.9 Å². The normalized spacial score (nSPS) is 18.4. The van der Waals surface area contributed by atoms with E-state index in [1.165, 1.54) is 45.3 Å². The molecule has 0 amide bonds. The zero-order valence-electron chi connectivity index (χ0n) is 21.3. The highest BCUT2D eigenvalue weighted by atomic mass is 15.3. The van der Waals surface area contributed by atoms with E-state index in [4.69, 9.17) is 15.0 Å². The lowest BCUT2D eigenvalue weighted by Crippen LogP contribution is -2.39. The Kier molecular flexibility index (Phi) is 5.62. The second-order valence-electron chi connectivity index (χ2n) is 10.5. The summed E-state index contributed by atoms with van der Waals surface area (Å²) in [5, 5.41) is 1.14. The van der Waals surface area contributed by atoms with Crippen LogP contribution in [-0.4, -0.2) is 56.5 Å². The molecule has 6 nitrogen and oxygen atoms in total. The number of aromatic nitrogens is 4. The maximum Gasteiger partial charge on any atom is 0.137 e. The minimum Gasteiger partial charge on any atom is -0.352 e. The first-order chi connectivity index (χ1) is 18.2. The Hall–Kier alpha value is -3.77. The number of anilines is 1. The highest BCUT2D eigenvalue weighted by Crippen LogP contribution is 2.31. The summed E-state index contributed by atoms with van der Waals surface area (Å²) in [6, 6.07) is 19.8. The Morgan fingerprint density at radius 2 is 1.76 bits per heavy atom. The number of benzene rings is 1. The molecule has 5 aromatic rings. The summed E-state index contributed by atoms with van der Waals surface area (Å²) in [7, 11) is 0. The van der Waals surface area contributed by atoms with Crippen LogP contribution in [0.3, 0.4) is 0 Å². The van der Waals surface area contributed by atoms with Gasteiger partial charge in [-0.1, -0.05) is 18.2 Å². The second-order valence-corrected chi connectivity index (χ2v) is 10.5. The molecule has 2 saturated heterocycles. The SMILES string of the molecule is Cc1cc(-c2cnc3cc(-c4ccc(N5CCCC5CN5CCCC5)nc4)ccn23)c2ccccc2n1. The first kappa shape index (κ1) is 22.4. The fraction of sp³-hybridized carbons (Fsp3) is 0.323. The van der Waals surface area contributed by atoms with Crippen molar-refractivity contribution in [3.63, 3.8) is 0 Å². The van der Waals surface area contributed by atoms with Gasteiger partial charge in [0.15, 0.2) is 0 Å². The van der Waals surface area contributed by atoms with E-state index in [-0.39, 0.29) is 0 Å². The molecule has 2 fully saturated rings. The summed E-state index contributed by atoms with van der Waals surface area (Å²) in [5.74, 6) is 1.11. The predicted molar refractivity (Wildman–Crippen MR) is 150 cm³/mol. The van der Waals surface area contributed by atoms with E-state index in [2.05, 4.69) is 68.9 Å². The van der Waals surface area contributed by atoms with Gasteiger partial charge in [0.05, 0.1) is 17.4 Å². The van der Waals surface area contributed by atoms with Crippen LogP contribution in [0.2, 0.25) is 0 Å². The Balaban J connectivity index is 1.17. The molecule has 0 aliphatic carbocycles. The Morgan fingerprint density at radius 3 is 2.62 bits per heavy atom. The first-order valence-corrected chi connectivity index (χ1v) is 13.5. The highest BCUT2D eigenvalue weighted by molar-refractivity contribution is 5.94. The van der Waals surface area contributed by atoms with Gasteiger partial charge in [-0.2, -0.15) is 0 Å². The van der Waals surface area contributed by atoms with Crippen molar-refractivity contribution < 1.29 is 0 Å². The second kappa shape index (κ2) is 9.27. The van der Waals surface area contributed by atoms with Crippen molar-refractivity contribution in [3.8, 4) is 22.4 Å². The Bertz CT molecular complexity index is 1560. The standard InChI is InChI=1S/C31H32N6/c1-22-17-27(26-8-2-3-9-28(26)34-22)29-20-33-31-18-23(12-16-37(29)31)24-10-11-30(32-19-24)36-15-6-7-25(36)21-35-13-4-5-14-35/h2-3,8-12,16-20,25H,4-7,13-15,21H2,1H3. The summed E-state index contributed by atoms with van der Waals surface area (Å²) in [6.45, 7) is 6.84. The number of fused-ring (bicyclic) bond motifs is 2. The van der Waals surface area contributed by atoms with Gasteiger partial charge in [0.2, 0.25) is 0 Å². The molecule has 1 atom stereocenters. The summed E-state index contributed by atoms with van der Waals surface area (Å²) < 4.78 is 2.17. The Labute approximate surface area is 217 Å². The predicted octanol–water partition coefficient (Wildman–Crippen LogP) is 5.98. The quantitative estimate of drug-likeness (QED) is 0.304. The van der Waals surface area contributed by atoms with Gasteiger partial charge in [-0.25, -0.2) is 9.97 Å². The van der Waals surface area contributed by atoms with E-state index < -0.39 is 0 Å². The van der Waals surface area contributed by atoms with Crippen LogP contribution < -0.4 is 4.90 Å². The molecular weight excluding hydrogens is 456 g/mol. The lowest BCUT2D eigenvalue weighted by molar-refractivity contribution is 0.313. The number of imidazole rings is 1. The van der Waals surface area contributed by atoms with E-state index in [1.807, 2.05) is 25.4 Å². The lowest BCUT2D eigenvalue weighted by atomic mass is 10.1.